The van der Waals surface area contributed by atoms with E-state index in [4.69, 9.17) is 4.74 Å². The molecule has 1 aliphatic carbocycles. The van der Waals surface area contributed by atoms with Crippen LogP contribution in [0.3, 0.4) is 0 Å². The van der Waals surface area contributed by atoms with Gasteiger partial charge in [-0.2, -0.15) is 0 Å². The zero-order chi connectivity index (χ0) is 15.5. The molecule has 2 rings (SSSR count). The average molecular weight is 306 g/mol. The summed E-state index contributed by atoms with van der Waals surface area (Å²) in [7, 11) is 0. The lowest BCUT2D eigenvalue weighted by molar-refractivity contribution is 0.0280. The quantitative estimate of drug-likeness (QED) is 0.561. The van der Waals surface area contributed by atoms with Crippen LogP contribution >= 0.6 is 0 Å². The predicted octanol–water partition coefficient (Wildman–Crippen LogP) is 5.21. The Kier molecular flexibility index (Phi) is 8.62. The first-order chi connectivity index (χ1) is 10.9. The summed E-state index contributed by atoms with van der Waals surface area (Å²) in [4.78, 5) is 4.10. The normalized spacial score (nSPS) is 17.7. The van der Waals surface area contributed by atoms with Gasteiger partial charge in [-0.1, -0.05) is 51.9 Å². The molecule has 22 heavy (non-hydrogen) atoms. The molecule has 0 N–H and O–H groups in total. The summed E-state index contributed by atoms with van der Waals surface area (Å²) in [5, 5.41) is 0. The lowest BCUT2D eigenvalue weighted by Gasteiger charge is -2.23. The Morgan fingerprint density at radius 1 is 1.18 bits per heavy atom. The van der Waals surface area contributed by atoms with E-state index in [2.05, 4.69) is 16.5 Å². The Morgan fingerprint density at radius 2 is 2.00 bits per heavy atom. The fourth-order valence-electron chi connectivity index (χ4n) is 3.54. The third-order valence-electron chi connectivity index (χ3n) is 4.99. The first kappa shape index (κ1) is 17.5. The van der Waals surface area contributed by atoms with Crippen LogP contribution in [0.5, 0.6) is 0 Å². The van der Waals surface area contributed by atoms with E-state index in [0.29, 0.717) is 6.10 Å². The van der Waals surface area contributed by atoms with E-state index in [1.54, 1.807) is 0 Å². The highest BCUT2D eigenvalue weighted by atomic mass is 16.5. The van der Waals surface area contributed by atoms with Crippen LogP contribution in [0.25, 0.3) is 0 Å². The van der Waals surface area contributed by atoms with Gasteiger partial charge in [0.25, 0.3) is 0 Å². The number of hydrogen-bond donors (Lipinski definition) is 0. The van der Waals surface area contributed by atoms with Crippen LogP contribution in [-0.4, -0.2) is 22.3 Å². The number of rotatable bonds is 11. The Bertz CT molecular complexity index is 358. The zero-order valence-electron chi connectivity index (χ0n) is 14.4. The van der Waals surface area contributed by atoms with Gasteiger partial charge in [0.2, 0.25) is 0 Å². The van der Waals surface area contributed by atoms with Crippen molar-refractivity contribution in [3.63, 3.8) is 0 Å². The average Bonchev–Trinajstić information content (AvgIpc) is 3.06. The van der Waals surface area contributed by atoms with Crippen molar-refractivity contribution in [3.8, 4) is 0 Å². The second kappa shape index (κ2) is 10.8. The number of imidazole rings is 1. The van der Waals surface area contributed by atoms with Crippen LogP contribution in [0.4, 0.5) is 0 Å². The molecule has 1 aliphatic rings. The highest BCUT2D eigenvalue weighted by molar-refractivity contribution is 4.74. The molecule has 126 valence electrons. The minimum Gasteiger partial charge on any atom is -0.378 e. The third kappa shape index (κ3) is 6.95. The van der Waals surface area contributed by atoms with Gasteiger partial charge in [0.15, 0.2) is 0 Å². The standard InChI is InChI=1S/C19H34N2O/c1-2-3-10-19(11-7-14-21-15-13-20-17-21)22-16-12-18-8-5-4-6-9-18/h13,15,17-19H,2-12,14,16H2,1H3. The molecule has 0 amide bonds. The summed E-state index contributed by atoms with van der Waals surface area (Å²) in [5.41, 5.74) is 0. The van der Waals surface area contributed by atoms with Crippen LogP contribution in [-0.2, 0) is 11.3 Å². The minimum atomic E-state index is 0.465. The van der Waals surface area contributed by atoms with Gasteiger partial charge in [0, 0.05) is 25.5 Å². The van der Waals surface area contributed by atoms with E-state index < -0.39 is 0 Å². The maximum absolute atomic E-state index is 6.24. The summed E-state index contributed by atoms with van der Waals surface area (Å²) in [6, 6.07) is 0. The lowest BCUT2D eigenvalue weighted by Crippen LogP contribution is -2.17. The van der Waals surface area contributed by atoms with E-state index >= 15 is 0 Å². The Morgan fingerprint density at radius 3 is 2.73 bits per heavy atom. The van der Waals surface area contributed by atoms with Crippen LogP contribution in [0, 0.1) is 5.92 Å². The summed E-state index contributed by atoms with van der Waals surface area (Å²) in [6.45, 7) is 4.31. The number of ether oxygens (including phenoxy) is 1. The number of aryl methyl sites for hydroxylation is 1. The molecule has 0 aliphatic heterocycles. The largest absolute Gasteiger partial charge is 0.378 e. The van der Waals surface area contributed by atoms with Crippen molar-refractivity contribution in [2.75, 3.05) is 6.61 Å². The van der Waals surface area contributed by atoms with E-state index in [9.17, 15) is 0 Å². The smallest absolute Gasteiger partial charge is 0.0945 e. The monoisotopic (exact) mass is 306 g/mol. The maximum Gasteiger partial charge on any atom is 0.0945 e. The summed E-state index contributed by atoms with van der Waals surface area (Å²) in [6.07, 6.45) is 20.9. The molecule has 3 heteroatoms. The SMILES string of the molecule is CCCCC(CCCn1ccnc1)OCCC1CCCCC1. The van der Waals surface area contributed by atoms with Gasteiger partial charge in [-0.25, -0.2) is 4.98 Å². The van der Waals surface area contributed by atoms with E-state index in [1.165, 1.54) is 70.6 Å². The fraction of sp³-hybridized carbons (Fsp3) is 0.842. The van der Waals surface area contributed by atoms with Crippen LogP contribution in [0.15, 0.2) is 18.7 Å². The van der Waals surface area contributed by atoms with E-state index in [1.807, 2.05) is 18.7 Å². The van der Waals surface area contributed by atoms with E-state index in [-0.39, 0.29) is 0 Å². The van der Waals surface area contributed by atoms with Gasteiger partial charge in [-0.05, 0) is 31.6 Å². The van der Waals surface area contributed by atoms with E-state index in [0.717, 1.165) is 19.1 Å². The molecule has 1 heterocycles. The van der Waals surface area contributed by atoms with Crippen LogP contribution in [0.1, 0.15) is 77.6 Å². The second-order valence-electron chi connectivity index (χ2n) is 6.87. The molecule has 1 fully saturated rings. The summed E-state index contributed by atoms with van der Waals surface area (Å²) >= 11 is 0. The van der Waals surface area contributed by atoms with Crippen molar-refractivity contribution in [2.45, 2.75) is 90.2 Å². The summed E-state index contributed by atoms with van der Waals surface area (Å²) in [5.74, 6) is 0.937. The maximum atomic E-state index is 6.24. The van der Waals surface area contributed by atoms with Gasteiger partial charge in [-0.15, -0.1) is 0 Å². The van der Waals surface area contributed by atoms with Gasteiger partial charge in [-0.3, -0.25) is 0 Å². The van der Waals surface area contributed by atoms with Gasteiger partial charge < -0.3 is 9.30 Å². The molecule has 1 unspecified atom stereocenters. The predicted molar refractivity (Wildman–Crippen MR) is 91.9 cm³/mol. The Labute approximate surface area is 136 Å². The molecule has 3 nitrogen and oxygen atoms in total. The topological polar surface area (TPSA) is 27.1 Å². The molecule has 1 aromatic rings. The highest BCUT2D eigenvalue weighted by Gasteiger charge is 2.14. The third-order valence-corrected chi connectivity index (χ3v) is 4.99. The fourth-order valence-corrected chi connectivity index (χ4v) is 3.54. The molecule has 1 aromatic heterocycles. The highest BCUT2D eigenvalue weighted by Crippen LogP contribution is 2.26. The molecular formula is C19H34N2O. The molecule has 1 atom stereocenters. The van der Waals surface area contributed by atoms with Crippen molar-refractivity contribution in [1.29, 1.82) is 0 Å². The van der Waals surface area contributed by atoms with Crippen LogP contribution < -0.4 is 0 Å². The first-order valence-electron chi connectivity index (χ1n) is 9.46. The number of hydrogen-bond acceptors (Lipinski definition) is 2. The molecule has 1 saturated carbocycles. The molecule has 0 spiro atoms. The second-order valence-corrected chi connectivity index (χ2v) is 6.87. The zero-order valence-corrected chi connectivity index (χ0v) is 14.4. The lowest BCUT2D eigenvalue weighted by atomic mass is 9.87. The van der Waals surface area contributed by atoms with Crippen molar-refractivity contribution >= 4 is 0 Å². The van der Waals surface area contributed by atoms with Crippen molar-refractivity contribution in [1.82, 2.24) is 9.55 Å². The molecule has 0 aromatic carbocycles. The molecule has 0 radical (unpaired) electrons. The van der Waals surface area contributed by atoms with Crippen molar-refractivity contribution in [2.24, 2.45) is 5.92 Å². The number of aromatic nitrogens is 2. The minimum absolute atomic E-state index is 0.465. The summed E-state index contributed by atoms with van der Waals surface area (Å²) < 4.78 is 8.41. The molecular weight excluding hydrogens is 272 g/mol. The number of unbranched alkanes of at least 4 members (excludes halogenated alkanes) is 1. The number of nitrogens with zero attached hydrogens (tertiary/aromatic N) is 2. The van der Waals surface area contributed by atoms with Gasteiger partial charge in [0.1, 0.15) is 0 Å². The van der Waals surface area contributed by atoms with Crippen LogP contribution in [0.2, 0.25) is 0 Å². The Balaban J connectivity index is 1.61. The Hall–Kier alpha value is -0.830. The molecule has 0 bridgehead atoms. The van der Waals surface area contributed by atoms with Gasteiger partial charge >= 0.3 is 0 Å². The molecule has 0 saturated heterocycles. The first-order valence-corrected chi connectivity index (χ1v) is 9.46. The van der Waals surface area contributed by atoms with Crippen molar-refractivity contribution in [3.05, 3.63) is 18.7 Å². The van der Waals surface area contributed by atoms with Crippen molar-refractivity contribution < 1.29 is 4.74 Å². The van der Waals surface area contributed by atoms with Gasteiger partial charge in [0.05, 0.1) is 12.4 Å².